The monoisotopic (exact) mass is 267 g/mol. The van der Waals surface area contributed by atoms with Crippen LogP contribution >= 0.6 is 12.2 Å². The van der Waals surface area contributed by atoms with Crippen LogP contribution in [0.25, 0.3) is 0 Å². The Morgan fingerprint density at radius 2 is 2.28 bits per heavy atom. The molecule has 18 heavy (non-hydrogen) atoms. The number of ether oxygens (including phenoxy) is 1. The molecule has 1 aromatic heterocycles. The highest BCUT2D eigenvalue weighted by Crippen LogP contribution is 2.11. The highest BCUT2D eigenvalue weighted by molar-refractivity contribution is 7.80. The van der Waals surface area contributed by atoms with Gasteiger partial charge in [-0.1, -0.05) is 26.1 Å². The summed E-state index contributed by atoms with van der Waals surface area (Å²) in [6, 6.07) is 3.76. The summed E-state index contributed by atoms with van der Waals surface area (Å²) in [6.45, 7) is 6.56. The lowest BCUT2D eigenvalue weighted by molar-refractivity contribution is 0.132. The lowest BCUT2D eigenvalue weighted by Crippen LogP contribution is -2.17. The van der Waals surface area contributed by atoms with E-state index < -0.39 is 0 Å². The second kappa shape index (κ2) is 8.00. The van der Waals surface area contributed by atoms with Gasteiger partial charge in [-0.3, -0.25) is 4.98 Å². The van der Waals surface area contributed by atoms with Crippen LogP contribution in [-0.4, -0.2) is 29.7 Å². The van der Waals surface area contributed by atoms with Gasteiger partial charge >= 0.3 is 0 Å². The standard InChI is InChI=1S/C13H21N3OS/c1-10(2)5-8-17-9-7-15-11-4-3-6-16-12(11)13(14)18/h3-4,6,10,15H,5,7-9H2,1-2H3,(H2,14,18). The molecule has 0 bridgehead atoms. The van der Waals surface area contributed by atoms with Crippen molar-refractivity contribution in [2.75, 3.05) is 25.1 Å². The van der Waals surface area contributed by atoms with E-state index in [1.54, 1.807) is 6.20 Å². The molecule has 5 heteroatoms. The van der Waals surface area contributed by atoms with Gasteiger partial charge in [0.25, 0.3) is 0 Å². The van der Waals surface area contributed by atoms with Crippen molar-refractivity contribution >= 4 is 22.9 Å². The fourth-order valence-corrected chi connectivity index (χ4v) is 1.59. The number of hydrogen-bond acceptors (Lipinski definition) is 4. The first-order valence-corrected chi connectivity index (χ1v) is 6.58. The van der Waals surface area contributed by atoms with Gasteiger partial charge in [-0.15, -0.1) is 0 Å². The minimum absolute atomic E-state index is 0.304. The maximum atomic E-state index is 5.60. The van der Waals surface area contributed by atoms with Crippen LogP contribution in [0.4, 0.5) is 5.69 Å². The molecule has 1 heterocycles. The molecule has 0 atom stereocenters. The third-order valence-electron chi connectivity index (χ3n) is 2.44. The summed E-state index contributed by atoms with van der Waals surface area (Å²) in [6.07, 6.45) is 2.77. The first-order chi connectivity index (χ1) is 8.61. The fourth-order valence-electron chi connectivity index (χ4n) is 1.42. The molecule has 0 saturated heterocycles. The molecular weight excluding hydrogens is 246 g/mol. The minimum atomic E-state index is 0.304. The molecule has 1 aromatic rings. The number of aromatic nitrogens is 1. The Balaban J connectivity index is 2.29. The normalized spacial score (nSPS) is 10.6. The van der Waals surface area contributed by atoms with E-state index >= 15 is 0 Å². The van der Waals surface area contributed by atoms with Crippen molar-refractivity contribution in [3.8, 4) is 0 Å². The molecule has 4 nitrogen and oxygen atoms in total. The van der Waals surface area contributed by atoms with Gasteiger partial charge in [-0.2, -0.15) is 0 Å². The van der Waals surface area contributed by atoms with Crippen molar-refractivity contribution in [3.05, 3.63) is 24.0 Å². The van der Waals surface area contributed by atoms with Gasteiger partial charge in [0.05, 0.1) is 12.3 Å². The molecule has 0 fully saturated rings. The van der Waals surface area contributed by atoms with Crippen LogP contribution in [0.15, 0.2) is 18.3 Å². The Morgan fingerprint density at radius 3 is 2.94 bits per heavy atom. The van der Waals surface area contributed by atoms with Crippen molar-refractivity contribution in [1.29, 1.82) is 0 Å². The first kappa shape index (κ1) is 14.9. The summed E-state index contributed by atoms with van der Waals surface area (Å²) < 4.78 is 5.52. The second-order valence-corrected chi connectivity index (χ2v) is 4.93. The van der Waals surface area contributed by atoms with Gasteiger partial charge in [-0.25, -0.2) is 0 Å². The van der Waals surface area contributed by atoms with Gasteiger partial charge in [0.2, 0.25) is 0 Å². The molecule has 0 unspecified atom stereocenters. The zero-order chi connectivity index (χ0) is 13.4. The van der Waals surface area contributed by atoms with Gasteiger partial charge in [-0.05, 0) is 24.5 Å². The van der Waals surface area contributed by atoms with E-state index in [0.717, 1.165) is 25.3 Å². The third-order valence-corrected chi connectivity index (χ3v) is 2.64. The Bertz CT molecular complexity index is 382. The van der Waals surface area contributed by atoms with Crippen LogP contribution in [0.3, 0.4) is 0 Å². The van der Waals surface area contributed by atoms with E-state index in [9.17, 15) is 0 Å². The van der Waals surface area contributed by atoms with Crippen LogP contribution in [0, 0.1) is 5.92 Å². The van der Waals surface area contributed by atoms with Gasteiger partial charge < -0.3 is 15.8 Å². The van der Waals surface area contributed by atoms with E-state index in [1.807, 2.05) is 12.1 Å². The Morgan fingerprint density at radius 1 is 1.50 bits per heavy atom. The summed E-state index contributed by atoms with van der Waals surface area (Å²) in [5, 5.41) is 3.23. The van der Waals surface area contributed by atoms with E-state index in [1.165, 1.54) is 0 Å². The second-order valence-electron chi connectivity index (χ2n) is 4.49. The van der Waals surface area contributed by atoms with Crippen LogP contribution in [0.1, 0.15) is 26.0 Å². The maximum absolute atomic E-state index is 5.60. The van der Waals surface area contributed by atoms with E-state index in [4.69, 9.17) is 22.7 Å². The summed E-state index contributed by atoms with van der Waals surface area (Å²) in [7, 11) is 0. The largest absolute Gasteiger partial charge is 0.388 e. The summed E-state index contributed by atoms with van der Waals surface area (Å²) in [5.41, 5.74) is 7.09. The Hall–Kier alpha value is -1.20. The number of pyridine rings is 1. The molecule has 1 rings (SSSR count). The average Bonchev–Trinajstić information content (AvgIpc) is 2.33. The number of nitrogens with zero attached hydrogens (tertiary/aromatic N) is 1. The van der Waals surface area contributed by atoms with Gasteiger partial charge in [0.15, 0.2) is 0 Å². The number of thiocarbonyl (C=S) groups is 1. The number of anilines is 1. The first-order valence-electron chi connectivity index (χ1n) is 6.17. The lowest BCUT2D eigenvalue weighted by atomic mass is 10.1. The molecule has 0 radical (unpaired) electrons. The number of nitrogens with one attached hydrogen (secondary N) is 1. The third kappa shape index (κ3) is 5.42. The summed E-state index contributed by atoms with van der Waals surface area (Å²) in [4.78, 5) is 4.45. The molecule has 0 aromatic carbocycles. The van der Waals surface area contributed by atoms with E-state index in [-0.39, 0.29) is 0 Å². The van der Waals surface area contributed by atoms with Crippen molar-refractivity contribution < 1.29 is 4.74 Å². The fraction of sp³-hybridized carbons (Fsp3) is 0.538. The van der Waals surface area contributed by atoms with Crippen molar-refractivity contribution in [1.82, 2.24) is 4.98 Å². The van der Waals surface area contributed by atoms with Crippen molar-refractivity contribution in [2.24, 2.45) is 11.7 Å². The smallest absolute Gasteiger partial charge is 0.124 e. The topological polar surface area (TPSA) is 60.2 Å². The zero-order valence-electron chi connectivity index (χ0n) is 11.0. The zero-order valence-corrected chi connectivity index (χ0v) is 11.8. The summed E-state index contributed by atoms with van der Waals surface area (Å²) in [5.74, 6) is 0.678. The number of rotatable bonds is 8. The number of nitrogens with two attached hydrogens (primary N) is 1. The summed E-state index contributed by atoms with van der Waals surface area (Å²) >= 11 is 4.94. The van der Waals surface area contributed by atoms with E-state index in [2.05, 4.69) is 24.1 Å². The van der Waals surface area contributed by atoms with Crippen LogP contribution in [0.2, 0.25) is 0 Å². The van der Waals surface area contributed by atoms with Crippen LogP contribution < -0.4 is 11.1 Å². The lowest BCUT2D eigenvalue weighted by Gasteiger charge is -2.10. The van der Waals surface area contributed by atoms with Crippen molar-refractivity contribution in [2.45, 2.75) is 20.3 Å². The maximum Gasteiger partial charge on any atom is 0.124 e. The molecule has 0 spiro atoms. The predicted molar refractivity (Wildman–Crippen MR) is 78.9 cm³/mol. The Kier molecular flexibility index (Phi) is 6.60. The highest BCUT2D eigenvalue weighted by atomic mass is 32.1. The molecule has 0 aliphatic carbocycles. The molecule has 3 N–H and O–H groups in total. The Labute approximate surface area is 114 Å². The highest BCUT2D eigenvalue weighted by Gasteiger charge is 2.04. The molecule has 0 saturated carbocycles. The average molecular weight is 267 g/mol. The quantitative estimate of drug-likeness (QED) is 0.558. The minimum Gasteiger partial charge on any atom is -0.388 e. The predicted octanol–water partition coefficient (Wildman–Crippen LogP) is 2.19. The van der Waals surface area contributed by atoms with Crippen molar-refractivity contribution in [3.63, 3.8) is 0 Å². The molecule has 0 aliphatic heterocycles. The molecule has 0 aliphatic rings. The molecular formula is C13H21N3OS. The van der Waals surface area contributed by atoms with Gasteiger partial charge in [0.1, 0.15) is 10.7 Å². The molecule has 100 valence electrons. The van der Waals surface area contributed by atoms with Crippen LogP contribution in [0.5, 0.6) is 0 Å². The SMILES string of the molecule is CC(C)CCOCCNc1cccnc1C(N)=S. The van der Waals surface area contributed by atoms with Gasteiger partial charge in [0, 0.05) is 19.3 Å². The molecule has 0 amide bonds. The van der Waals surface area contributed by atoms with Crippen LogP contribution in [-0.2, 0) is 4.74 Å². The van der Waals surface area contributed by atoms with E-state index in [0.29, 0.717) is 23.2 Å². The number of hydrogen-bond donors (Lipinski definition) is 2.